The lowest BCUT2D eigenvalue weighted by Gasteiger charge is -2.14. The molecule has 0 unspecified atom stereocenters. The Morgan fingerprint density at radius 2 is 2.05 bits per heavy atom. The first-order valence-electron chi connectivity index (χ1n) is 7.83. The van der Waals surface area contributed by atoms with Crippen LogP contribution < -0.4 is 5.32 Å². The summed E-state index contributed by atoms with van der Waals surface area (Å²) in [5.74, 6) is 0. The SMILES string of the molecule is Cc1[nH]c2ccc(CN[C@@H](C)Cc3cccnc3)cc2c1C. The first-order valence-corrected chi connectivity index (χ1v) is 7.83. The minimum absolute atomic E-state index is 0.425. The molecular formula is C19H23N3. The molecule has 2 N–H and O–H groups in total. The number of nitrogens with zero attached hydrogens (tertiary/aromatic N) is 1. The van der Waals surface area contributed by atoms with Gasteiger partial charge in [0.1, 0.15) is 0 Å². The Balaban J connectivity index is 1.65. The zero-order valence-electron chi connectivity index (χ0n) is 13.5. The van der Waals surface area contributed by atoms with Crippen LogP contribution in [0.2, 0.25) is 0 Å². The van der Waals surface area contributed by atoms with Crippen LogP contribution in [0, 0.1) is 13.8 Å². The van der Waals surface area contributed by atoms with Gasteiger partial charge in [-0.3, -0.25) is 4.98 Å². The van der Waals surface area contributed by atoms with Gasteiger partial charge in [-0.15, -0.1) is 0 Å². The number of hydrogen-bond donors (Lipinski definition) is 2. The second-order valence-corrected chi connectivity index (χ2v) is 6.10. The second-order valence-electron chi connectivity index (χ2n) is 6.10. The zero-order chi connectivity index (χ0) is 15.5. The number of H-pyrrole nitrogens is 1. The lowest BCUT2D eigenvalue weighted by Crippen LogP contribution is -2.27. The van der Waals surface area contributed by atoms with E-state index in [1.54, 1.807) is 0 Å². The van der Waals surface area contributed by atoms with Crippen molar-refractivity contribution in [3.05, 3.63) is 65.1 Å². The Labute approximate surface area is 131 Å². The van der Waals surface area contributed by atoms with Crippen LogP contribution in [0.4, 0.5) is 0 Å². The molecule has 0 aliphatic rings. The van der Waals surface area contributed by atoms with Crippen LogP contribution in [-0.4, -0.2) is 16.0 Å². The zero-order valence-corrected chi connectivity index (χ0v) is 13.5. The number of benzene rings is 1. The van der Waals surface area contributed by atoms with Gasteiger partial charge in [-0.2, -0.15) is 0 Å². The number of hydrogen-bond acceptors (Lipinski definition) is 2. The van der Waals surface area contributed by atoms with Crippen molar-refractivity contribution in [1.29, 1.82) is 0 Å². The van der Waals surface area contributed by atoms with Crippen molar-refractivity contribution in [2.75, 3.05) is 0 Å². The predicted molar refractivity (Wildman–Crippen MR) is 92.0 cm³/mol. The Morgan fingerprint density at radius 1 is 1.18 bits per heavy atom. The van der Waals surface area contributed by atoms with Gasteiger partial charge in [-0.1, -0.05) is 12.1 Å². The van der Waals surface area contributed by atoms with E-state index in [0.717, 1.165) is 13.0 Å². The predicted octanol–water partition coefficient (Wildman–Crippen LogP) is 3.90. The van der Waals surface area contributed by atoms with E-state index in [9.17, 15) is 0 Å². The number of nitrogens with one attached hydrogen (secondary N) is 2. The Bertz CT molecular complexity index is 759. The van der Waals surface area contributed by atoms with Crippen LogP contribution in [0.3, 0.4) is 0 Å². The van der Waals surface area contributed by atoms with E-state index in [1.807, 2.05) is 18.5 Å². The third kappa shape index (κ3) is 3.20. The van der Waals surface area contributed by atoms with Crippen LogP contribution in [0.25, 0.3) is 10.9 Å². The normalized spacial score (nSPS) is 12.7. The first-order chi connectivity index (χ1) is 10.6. The van der Waals surface area contributed by atoms with Gasteiger partial charge in [-0.05, 0) is 62.1 Å². The van der Waals surface area contributed by atoms with Gasteiger partial charge in [0.25, 0.3) is 0 Å². The summed E-state index contributed by atoms with van der Waals surface area (Å²) in [5.41, 5.74) is 6.43. The van der Waals surface area contributed by atoms with Crippen LogP contribution in [-0.2, 0) is 13.0 Å². The highest BCUT2D eigenvalue weighted by Gasteiger charge is 2.07. The van der Waals surface area contributed by atoms with E-state index >= 15 is 0 Å². The van der Waals surface area contributed by atoms with E-state index in [-0.39, 0.29) is 0 Å². The number of rotatable bonds is 5. The van der Waals surface area contributed by atoms with Crippen molar-refractivity contribution in [3.63, 3.8) is 0 Å². The lowest BCUT2D eigenvalue weighted by molar-refractivity contribution is 0.545. The summed E-state index contributed by atoms with van der Waals surface area (Å²) in [6, 6.07) is 11.2. The minimum atomic E-state index is 0.425. The van der Waals surface area contributed by atoms with Crippen molar-refractivity contribution in [3.8, 4) is 0 Å². The number of aromatic nitrogens is 2. The maximum absolute atomic E-state index is 4.17. The van der Waals surface area contributed by atoms with E-state index in [2.05, 4.69) is 60.3 Å². The average molecular weight is 293 g/mol. The fraction of sp³-hybridized carbons (Fsp3) is 0.316. The molecule has 0 aliphatic carbocycles. The third-order valence-electron chi connectivity index (χ3n) is 4.29. The van der Waals surface area contributed by atoms with Gasteiger partial charge >= 0.3 is 0 Å². The molecule has 1 atom stereocenters. The molecule has 0 saturated heterocycles. The van der Waals surface area contributed by atoms with Crippen molar-refractivity contribution in [2.45, 2.75) is 39.8 Å². The van der Waals surface area contributed by atoms with E-state index in [1.165, 1.54) is 33.3 Å². The molecule has 114 valence electrons. The molecular weight excluding hydrogens is 270 g/mol. The van der Waals surface area contributed by atoms with Gasteiger partial charge < -0.3 is 10.3 Å². The van der Waals surface area contributed by atoms with Crippen molar-refractivity contribution >= 4 is 10.9 Å². The van der Waals surface area contributed by atoms with Gasteiger partial charge in [0.2, 0.25) is 0 Å². The maximum Gasteiger partial charge on any atom is 0.0458 e. The van der Waals surface area contributed by atoms with E-state index in [0.29, 0.717) is 6.04 Å². The molecule has 0 saturated carbocycles. The van der Waals surface area contributed by atoms with Crippen LogP contribution in [0.15, 0.2) is 42.7 Å². The average Bonchev–Trinajstić information content (AvgIpc) is 2.81. The summed E-state index contributed by atoms with van der Waals surface area (Å²) in [4.78, 5) is 7.60. The van der Waals surface area contributed by atoms with Crippen LogP contribution in [0.1, 0.15) is 29.3 Å². The second kappa shape index (κ2) is 6.32. The van der Waals surface area contributed by atoms with Gasteiger partial charge in [-0.25, -0.2) is 0 Å². The first kappa shape index (κ1) is 14.8. The molecule has 0 fully saturated rings. The summed E-state index contributed by atoms with van der Waals surface area (Å²) in [6.45, 7) is 7.41. The topological polar surface area (TPSA) is 40.7 Å². The molecule has 3 heteroatoms. The smallest absolute Gasteiger partial charge is 0.0458 e. The standard InChI is InChI=1S/C19H23N3/c1-13(9-16-5-4-8-20-11-16)21-12-17-6-7-19-18(10-17)14(2)15(3)22-19/h4-8,10-11,13,21-22H,9,12H2,1-3H3/t13-/m0/s1. The quantitative estimate of drug-likeness (QED) is 0.749. The molecule has 0 aliphatic heterocycles. The molecule has 22 heavy (non-hydrogen) atoms. The van der Waals surface area contributed by atoms with Crippen molar-refractivity contribution in [1.82, 2.24) is 15.3 Å². The van der Waals surface area contributed by atoms with Crippen LogP contribution >= 0.6 is 0 Å². The fourth-order valence-electron chi connectivity index (χ4n) is 2.86. The Kier molecular flexibility index (Phi) is 4.25. The molecule has 3 nitrogen and oxygen atoms in total. The largest absolute Gasteiger partial charge is 0.358 e. The number of aryl methyl sites for hydroxylation is 2. The highest BCUT2D eigenvalue weighted by Crippen LogP contribution is 2.22. The van der Waals surface area contributed by atoms with Crippen LogP contribution in [0.5, 0.6) is 0 Å². The summed E-state index contributed by atoms with van der Waals surface area (Å²) < 4.78 is 0. The molecule has 0 spiro atoms. The van der Waals surface area contributed by atoms with Crippen molar-refractivity contribution < 1.29 is 0 Å². The number of fused-ring (bicyclic) bond motifs is 1. The molecule has 2 aromatic heterocycles. The highest BCUT2D eigenvalue weighted by atomic mass is 14.9. The Hall–Kier alpha value is -2.13. The van der Waals surface area contributed by atoms with Gasteiger partial charge in [0, 0.05) is 41.6 Å². The molecule has 1 aromatic carbocycles. The molecule has 3 rings (SSSR count). The summed E-state index contributed by atoms with van der Waals surface area (Å²) >= 11 is 0. The molecule has 2 heterocycles. The van der Waals surface area contributed by atoms with Crippen molar-refractivity contribution in [2.24, 2.45) is 0 Å². The highest BCUT2D eigenvalue weighted by molar-refractivity contribution is 5.84. The number of pyridine rings is 1. The monoisotopic (exact) mass is 293 g/mol. The van der Waals surface area contributed by atoms with Gasteiger partial charge in [0.15, 0.2) is 0 Å². The molecule has 0 bridgehead atoms. The van der Waals surface area contributed by atoms with Gasteiger partial charge in [0.05, 0.1) is 0 Å². The summed E-state index contributed by atoms with van der Waals surface area (Å²) in [7, 11) is 0. The van der Waals surface area contributed by atoms with E-state index in [4.69, 9.17) is 0 Å². The summed E-state index contributed by atoms with van der Waals surface area (Å²) in [6.07, 6.45) is 4.76. The summed E-state index contributed by atoms with van der Waals surface area (Å²) in [5, 5.41) is 4.93. The molecule has 0 radical (unpaired) electrons. The molecule has 3 aromatic rings. The lowest BCUT2D eigenvalue weighted by atomic mass is 10.1. The maximum atomic E-state index is 4.17. The Morgan fingerprint density at radius 3 is 2.82 bits per heavy atom. The third-order valence-corrected chi connectivity index (χ3v) is 4.29. The van der Waals surface area contributed by atoms with E-state index < -0.39 is 0 Å². The fourth-order valence-corrected chi connectivity index (χ4v) is 2.86. The number of aromatic amines is 1. The molecule has 0 amide bonds. The minimum Gasteiger partial charge on any atom is -0.358 e.